The average Bonchev–Trinajstić information content (AvgIpc) is 2.93. The number of likely N-dealkylation sites (tertiary alicyclic amines) is 1. The molecule has 2 aromatic rings. The minimum atomic E-state index is -3.38. The second-order valence-corrected chi connectivity index (χ2v) is 8.89. The zero-order valence-corrected chi connectivity index (χ0v) is 14.7. The van der Waals surface area contributed by atoms with E-state index < -0.39 is 10.0 Å². The highest BCUT2D eigenvalue weighted by atomic mass is 35.5. The molecule has 4 rings (SSSR count). The number of hydrogen-bond acceptors (Lipinski definition) is 3. The molecule has 2 heterocycles. The molecule has 2 fully saturated rings. The fourth-order valence-electron chi connectivity index (χ4n) is 3.65. The molecule has 6 heteroatoms. The van der Waals surface area contributed by atoms with Crippen molar-refractivity contribution in [2.75, 3.05) is 19.6 Å². The molecule has 0 N–H and O–H groups in total. The highest BCUT2D eigenvalue weighted by molar-refractivity contribution is 7.89. The van der Waals surface area contributed by atoms with Gasteiger partial charge in [0, 0.05) is 43.2 Å². The molecule has 2 atom stereocenters. The average molecular weight is 363 g/mol. The Morgan fingerprint density at radius 2 is 1.67 bits per heavy atom. The molecule has 2 aromatic carbocycles. The van der Waals surface area contributed by atoms with E-state index in [9.17, 15) is 8.42 Å². The Labute approximate surface area is 147 Å². The number of fused-ring (bicyclic) bond motifs is 1. The van der Waals surface area contributed by atoms with Crippen molar-refractivity contribution in [3.8, 4) is 0 Å². The van der Waals surface area contributed by atoms with Gasteiger partial charge in [-0.05, 0) is 29.8 Å². The van der Waals surface area contributed by atoms with Gasteiger partial charge in [-0.2, -0.15) is 4.31 Å². The topological polar surface area (TPSA) is 40.6 Å². The lowest BCUT2D eigenvalue weighted by molar-refractivity contribution is 0.0435. The number of nitrogens with zero attached hydrogens (tertiary/aromatic N) is 2. The van der Waals surface area contributed by atoms with Crippen LogP contribution in [0.2, 0.25) is 5.02 Å². The lowest BCUT2D eigenvalue weighted by Crippen LogP contribution is -2.54. The van der Waals surface area contributed by atoms with E-state index in [4.69, 9.17) is 11.6 Å². The molecule has 0 radical (unpaired) electrons. The molecule has 0 unspecified atom stereocenters. The number of sulfonamides is 1. The summed E-state index contributed by atoms with van der Waals surface area (Å²) in [5, 5.41) is 0.737. The van der Waals surface area contributed by atoms with Crippen molar-refractivity contribution in [3.05, 3.63) is 65.2 Å². The van der Waals surface area contributed by atoms with Gasteiger partial charge in [-0.25, -0.2) is 8.42 Å². The normalized spacial score (nSPS) is 24.5. The Morgan fingerprint density at radius 1 is 0.958 bits per heavy atom. The third-order valence-electron chi connectivity index (χ3n) is 4.99. The Morgan fingerprint density at radius 3 is 2.38 bits per heavy atom. The van der Waals surface area contributed by atoms with Gasteiger partial charge >= 0.3 is 0 Å². The predicted molar refractivity (Wildman–Crippen MR) is 94.3 cm³/mol. The van der Waals surface area contributed by atoms with Crippen LogP contribution in [0.15, 0.2) is 59.5 Å². The fourth-order valence-corrected chi connectivity index (χ4v) is 5.31. The van der Waals surface area contributed by atoms with E-state index in [0.717, 1.165) is 18.1 Å². The second kappa shape index (κ2) is 6.15. The first-order valence-corrected chi connectivity index (χ1v) is 9.89. The second-order valence-electron chi connectivity index (χ2n) is 6.52. The number of hydrogen-bond donors (Lipinski definition) is 0. The van der Waals surface area contributed by atoms with Crippen LogP contribution < -0.4 is 0 Å². The van der Waals surface area contributed by atoms with E-state index in [1.165, 1.54) is 5.56 Å². The molecule has 0 aliphatic carbocycles. The molecule has 0 bridgehead atoms. The van der Waals surface area contributed by atoms with Gasteiger partial charge < -0.3 is 0 Å². The Bertz CT molecular complexity index is 824. The van der Waals surface area contributed by atoms with Crippen LogP contribution in [-0.4, -0.2) is 43.3 Å². The first-order valence-electron chi connectivity index (χ1n) is 8.08. The summed E-state index contributed by atoms with van der Waals surface area (Å²) in [5.41, 5.74) is 1.21. The van der Waals surface area contributed by atoms with Gasteiger partial charge in [-0.15, -0.1) is 0 Å². The summed E-state index contributed by atoms with van der Waals surface area (Å²) in [6.07, 6.45) is 0. The van der Waals surface area contributed by atoms with Gasteiger partial charge in [0.05, 0.1) is 4.90 Å². The largest absolute Gasteiger partial charge is 0.294 e. The standard InChI is InChI=1S/C18H19ClN2O2S/c19-16-8-6-14(7-9-16)10-20-11-15-12-21(13-18(15)20)24(22,23)17-4-2-1-3-5-17/h1-9,15,18H,10-13H2/t15-,18-/m1/s1. The first kappa shape index (κ1) is 16.1. The highest BCUT2D eigenvalue weighted by Gasteiger charge is 2.48. The Kier molecular flexibility index (Phi) is 4.12. The lowest BCUT2D eigenvalue weighted by Gasteiger charge is -2.43. The van der Waals surface area contributed by atoms with E-state index in [2.05, 4.69) is 4.90 Å². The molecular weight excluding hydrogens is 344 g/mol. The first-order chi connectivity index (χ1) is 11.5. The van der Waals surface area contributed by atoms with Crippen LogP contribution in [0, 0.1) is 5.92 Å². The minimum Gasteiger partial charge on any atom is -0.294 e. The van der Waals surface area contributed by atoms with Gasteiger partial charge in [0.25, 0.3) is 0 Å². The zero-order chi connectivity index (χ0) is 16.7. The van der Waals surface area contributed by atoms with Gasteiger partial charge in [0.1, 0.15) is 0 Å². The van der Waals surface area contributed by atoms with E-state index in [-0.39, 0.29) is 0 Å². The molecule has 0 saturated carbocycles. The molecule has 2 aliphatic heterocycles. The molecular formula is C18H19ClN2O2S. The van der Waals surface area contributed by atoms with Crippen molar-refractivity contribution in [2.45, 2.75) is 17.5 Å². The quantitative estimate of drug-likeness (QED) is 0.839. The molecule has 0 aromatic heterocycles. The SMILES string of the molecule is O=S(=O)(c1ccccc1)N1C[C@H]2CN(Cc3ccc(Cl)cc3)[C@@H]2C1. The number of benzene rings is 2. The summed E-state index contributed by atoms with van der Waals surface area (Å²) in [4.78, 5) is 2.74. The van der Waals surface area contributed by atoms with Crippen LogP contribution in [0.1, 0.15) is 5.56 Å². The van der Waals surface area contributed by atoms with Crippen LogP contribution in [0.5, 0.6) is 0 Å². The van der Waals surface area contributed by atoms with E-state index in [1.807, 2.05) is 30.3 Å². The van der Waals surface area contributed by atoms with Crippen molar-refractivity contribution >= 4 is 21.6 Å². The summed E-state index contributed by atoms with van der Waals surface area (Å²) in [5.74, 6) is 0.441. The summed E-state index contributed by atoms with van der Waals surface area (Å²) in [7, 11) is -3.38. The van der Waals surface area contributed by atoms with Crippen LogP contribution in [0.25, 0.3) is 0 Å². The van der Waals surface area contributed by atoms with Crippen molar-refractivity contribution in [1.82, 2.24) is 9.21 Å². The Hall–Kier alpha value is -1.40. The van der Waals surface area contributed by atoms with Crippen LogP contribution in [-0.2, 0) is 16.6 Å². The maximum atomic E-state index is 12.7. The maximum Gasteiger partial charge on any atom is 0.243 e. The molecule has 126 valence electrons. The lowest BCUT2D eigenvalue weighted by atomic mass is 9.91. The molecule has 2 aliphatic rings. The smallest absolute Gasteiger partial charge is 0.243 e. The summed E-state index contributed by atoms with van der Waals surface area (Å²) in [6, 6.07) is 16.9. The van der Waals surface area contributed by atoms with E-state index in [1.54, 1.807) is 28.6 Å². The van der Waals surface area contributed by atoms with E-state index in [0.29, 0.717) is 29.9 Å². The summed E-state index contributed by atoms with van der Waals surface area (Å²) < 4.78 is 27.1. The van der Waals surface area contributed by atoms with Crippen molar-refractivity contribution in [3.63, 3.8) is 0 Å². The fraction of sp³-hybridized carbons (Fsp3) is 0.333. The molecule has 2 saturated heterocycles. The molecule has 24 heavy (non-hydrogen) atoms. The van der Waals surface area contributed by atoms with Gasteiger partial charge in [0.15, 0.2) is 0 Å². The predicted octanol–water partition coefficient (Wildman–Crippen LogP) is 2.84. The summed E-state index contributed by atoms with van der Waals surface area (Å²) >= 11 is 5.93. The molecule has 0 amide bonds. The molecule has 4 nitrogen and oxygen atoms in total. The van der Waals surface area contributed by atoms with Crippen molar-refractivity contribution in [1.29, 1.82) is 0 Å². The van der Waals surface area contributed by atoms with Crippen LogP contribution in [0.3, 0.4) is 0 Å². The maximum absolute atomic E-state index is 12.7. The third kappa shape index (κ3) is 2.86. The van der Waals surface area contributed by atoms with Crippen LogP contribution in [0.4, 0.5) is 0 Å². The third-order valence-corrected chi connectivity index (χ3v) is 7.09. The van der Waals surface area contributed by atoms with E-state index >= 15 is 0 Å². The minimum absolute atomic E-state index is 0.319. The highest BCUT2D eigenvalue weighted by Crippen LogP contribution is 2.36. The molecule has 0 spiro atoms. The van der Waals surface area contributed by atoms with Crippen molar-refractivity contribution < 1.29 is 8.42 Å². The van der Waals surface area contributed by atoms with Crippen LogP contribution >= 0.6 is 11.6 Å². The number of halogens is 1. The Balaban J connectivity index is 1.44. The van der Waals surface area contributed by atoms with Gasteiger partial charge in [-0.3, -0.25) is 4.90 Å². The van der Waals surface area contributed by atoms with Crippen molar-refractivity contribution in [2.24, 2.45) is 5.92 Å². The van der Waals surface area contributed by atoms with Gasteiger partial charge in [0.2, 0.25) is 10.0 Å². The van der Waals surface area contributed by atoms with Gasteiger partial charge in [-0.1, -0.05) is 41.9 Å². The summed E-state index contributed by atoms with van der Waals surface area (Å²) in [6.45, 7) is 3.00. The number of rotatable bonds is 4. The zero-order valence-electron chi connectivity index (χ0n) is 13.2. The monoisotopic (exact) mass is 362 g/mol.